The molecule has 0 atom stereocenters. The first-order chi connectivity index (χ1) is 6.11. The maximum absolute atomic E-state index is 10.5. The number of aliphatic carboxylic acids is 1. The zero-order chi connectivity index (χ0) is 10.3. The van der Waals surface area contributed by atoms with Crippen LogP contribution in [0.25, 0.3) is 0 Å². The zero-order valence-electron chi connectivity index (χ0n) is 7.86. The van der Waals surface area contributed by atoms with E-state index in [0.717, 1.165) is 0 Å². The summed E-state index contributed by atoms with van der Waals surface area (Å²) < 4.78 is 0. The summed E-state index contributed by atoms with van der Waals surface area (Å²) >= 11 is 0. The molecule has 0 radical (unpaired) electrons. The molecular formula is C10H15NO2. The van der Waals surface area contributed by atoms with E-state index >= 15 is 0 Å². The SMILES string of the molecule is C=CCN(/C=C(\C)C(=O)O)CC=C. The zero-order valence-corrected chi connectivity index (χ0v) is 7.86. The van der Waals surface area contributed by atoms with E-state index in [1.165, 1.54) is 0 Å². The predicted octanol–water partition coefficient (Wildman–Crippen LogP) is 1.65. The molecule has 13 heavy (non-hydrogen) atoms. The van der Waals surface area contributed by atoms with Crippen LogP contribution in [-0.2, 0) is 4.79 Å². The van der Waals surface area contributed by atoms with Crippen LogP contribution in [0.15, 0.2) is 37.1 Å². The maximum atomic E-state index is 10.5. The summed E-state index contributed by atoms with van der Waals surface area (Å²) in [7, 11) is 0. The molecule has 1 N–H and O–H groups in total. The normalized spacial score (nSPS) is 10.7. The lowest BCUT2D eigenvalue weighted by molar-refractivity contribution is -0.132. The van der Waals surface area contributed by atoms with Gasteiger partial charge in [0.05, 0.1) is 0 Å². The third kappa shape index (κ3) is 4.85. The standard InChI is InChI=1S/C10H15NO2/c1-4-6-11(7-5-2)8-9(3)10(12)13/h4-5,8H,1-2,6-7H2,3H3,(H,12,13)/b9-8+. The number of hydrogen-bond acceptors (Lipinski definition) is 2. The topological polar surface area (TPSA) is 40.5 Å². The molecule has 72 valence electrons. The minimum absolute atomic E-state index is 0.309. The minimum Gasteiger partial charge on any atom is -0.478 e. The van der Waals surface area contributed by atoms with Crippen molar-refractivity contribution in [2.45, 2.75) is 6.92 Å². The maximum Gasteiger partial charge on any atom is 0.332 e. The summed E-state index contributed by atoms with van der Waals surface area (Å²) in [5.74, 6) is -0.905. The molecular weight excluding hydrogens is 166 g/mol. The summed E-state index contributed by atoms with van der Waals surface area (Å²) in [5, 5.41) is 8.62. The Morgan fingerprint density at radius 1 is 1.38 bits per heavy atom. The van der Waals surface area contributed by atoms with Crippen LogP contribution in [0.3, 0.4) is 0 Å². The molecule has 0 aliphatic rings. The van der Waals surface area contributed by atoms with Crippen LogP contribution >= 0.6 is 0 Å². The van der Waals surface area contributed by atoms with Crippen molar-refractivity contribution in [2.24, 2.45) is 0 Å². The van der Waals surface area contributed by atoms with Gasteiger partial charge in [-0.25, -0.2) is 4.79 Å². The third-order valence-electron chi connectivity index (χ3n) is 1.44. The summed E-state index contributed by atoms with van der Waals surface area (Å²) in [4.78, 5) is 12.3. The van der Waals surface area contributed by atoms with Crippen LogP contribution in [-0.4, -0.2) is 29.1 Å². The van der Waals surface area contributed by atoms with E-state index in [0.29, 0.717) is 18.7 Å². The molecule has 0 bridgehead atoms. The van der Waals surface area contributed by atoms with Gasteiger partial charge in [0.15, 0.2) is 0 Å². The van der Waals surface area contributed by atoms with E-state index in [1.807, 2.05) is 4.90 Å². The molecule has 3 nitrogen and oxygen atoms in total. The number of nitrogens with zero attached hydrogens (tertiary/aromatic N) is 1. The van der Waals surface area contributed by atoms with Gasteiger partial charge in [-0.1, -0.05) is 12.2 Å². The molecule has 0 aromatic carbocycles. The Morgan fingerprint density at radius 3 is 2.15 bits per heavy atom. The average Bonchev–Trinajstić information content (AvgIpc) is 2.05. The molecule has 0 fully saturated rings. The van der Waals surface area contributed by atoms with E-state index in [9.17, 15) is 4.79 Å². The quantitative estimate of drug-likeness (QED) is 0.500. The molecule has 3 heteroatoms. The molecule has 0 aliphatic carbocycles. The van der Waals surface area contributed by atoms with E-state index in [2.05, 4.69) is 13.2 Å². The summed E-state index contributed by atoms with van der Waals surface area (Å²) in [6.07, 6.45) is 5.02. The van der Waals surface area contributed by atoms with Crippen molar-refractivity contribution in [3.63, 3.8) is 0 Å². The predicted molar refractivity (Wildman–Crippen MR) is 53.4 cm³/mol. The van der Waals surface area contributed by atoms with Crippen molar-refractivity contribution >= 4 is 5.97 Å². The van der Waals surface area contributed by atoms with Crippen molar-refractivity contribution in [2.75, 3.05) is 13.1 Å². The van der Waals surface area contributed by atoms with Crippen molar-refractivity contribution in [1.29, 1.82) is 0 Å². The van der Waals surface area contributed by atoms with E-state index in [-0.39, 0.29) is 0 Å². The van der Waals surface area contributed by atoms with Crippen LogP contribution in [0.5, 0.6) is 0 Å². The second-order valence-corrected chi connectivity index (χ2v) is 2.65. The van der Waals surface area contributed by atoms with Crippen molar-refractivity contribution < 1.29 is 9.90 Å². The van der Waals surface area contributed by atoms with Gasteiger partial charge >= 0.3 is 5.97 Å². The fraction of sp³-hybridized carbons (Fsp3) is 0.300. The Hall–Kier alpha value is -1.51. The number of rotatable bonds is 6. The van der Waals surface area contributed by atoms with Crippen molar-refractivity contribution in [3.05, 3.63) is 37.1 Å². The largest absolute Gasteiger partial charge is 0.478 e. The smallest absolute Gasteiger partial charge is 0.332 e. The van der Waals surface area contributed by atoms with Gasteiger partial charge < -0.3 is 10.0 Å². The van der Waals surface area contributed by atoms with Gasteiger partial charge in [-0.15, -0.1) is 13.2 Å². The van der Waals surface area contributed by atoms with Crippen LogP contribution in [0.4, 0.5) is 0 Å². The van der Waals surface area contributed by atoms with Crippen molar-refractivity contribution in [1.82, 2.24) is 4.90 Å². The highest BCUT2D eigenvalue weighted by Gasteiger charge is 2.01. The molecule has 0 aromatic heterocycles. The molecule has 0 spiro atoms. The molecule has 0 heterocycles. The minimum atomic E-state index is -0.905. The number of carboxylic acids is 1. The van der Waals surface area contributed by atoms with Gasteiger partial charge in [-0.3, -0.25) is 0 Å². The van der Waals surface area contributed by atoms with Crippen LogP contribution in [0, 0.1) is 0 Å². The van der Waals surface area contributed by atoms with Gasteiger partial charge in [-0.2, -0.15) is 0 Å². The lowest BCUT2D eigenvalue weighted by atomic mass is 10.3. The Labute approximate surface area is 78.7 Å². The fourth-order valence-electron chi connectivity index (χ4n) is 0.841. The van der Waals surface area contributed by atoms with Crippen molar-refractivity contribution in [3.8, 4) is 0 Å². The van der Waals surface area contributed by atoms with Gasteiger partial charge in [0, 0.05) is 24.9 Å². The Bertz CT molecular complexity index is 221. The summed E-state index contributed by atoms with van der Waals surface area (Å²) in [5.41, 5.74) is 0.309. The van der Waals surface area contributed by atoms with Crippen LogP contribution in [0.2, 0.25) is 0 Å². The second-order valence-electron chi connectivity index (χ2n) is 2.65. The second kappa shape index (κ2) is 6.06. The summed E-state index contributed by atoms with van der Waals surface area (Å²) in [6.45, 7) is 9.96. The molecule has 0 saturated heterocycles. The van der Waals surface area contributed by atoms with Crippen LogP contribution in [0.1, 0.15) is 6.92 Å². The molecule has 0 unspecified atom stereocenters. The van der Waals surface area contributed by atoms with Gasteiger partial charge in [0.2, 0.25) is 0 Å². The lowest BCUT2D eigenvalue weighted by Crippen LogP contribution is -2.18. The molecule has 0 aromatic rings. The van der Waals surface area contributed by atoms with Gasteiger partial charge in [0.25, 0.3) is 0 Å². The van der Waals surface area contributed by atoms with Gasteiger partial charge in [0.1, 0.15) is 0 Å². The lowest BCUT2D eigenvalue weighted by Gasteiger charge is -2.16. The molecule has 0 saturated carbocycles. The average molecular weight is 181 g/mol. The Kier molecular flexibility index (Phi) is 5.35. The first kappa shape index (κ1) is 11.5. The Morgan fingerprint density at radius 2 is 1.85 bits per heavy atom. The molecule has 0 rings (SSSR count). The fourth-order valence-corrected chi connectivity index (χ4v) is 0.841. The monoisotopic (exact) mass is 181 g/mol. The first-order valence-corrected chi connectivity index (χ1v) is 3.99. The van der Waals surface area contributed by atoms with Gasteiger partial charge in [-0.05, 0) is 6.92 Å². The third-order valence-corrected chi connectivity index (χ3v) is 1.44. The molecule has 0 aliphatic heterocycles. The summed E-state index contributed by atoms with van der Waals surface area (Å²) in [6, 6.07) is 0. The number of hydrogen-bond donors (Lipinski definition) is 1. The highest BCUT2D eigenvalue weighted by molar-refractivity contribution is 5.85. The molecule has 0 amide bonds. The van der Waals surface area contributed by atoms with E-state index in [1.54, 1.807) is 25.3 Å². The number of carbonyl (C=O) groups is 1. The Balaban J connectivity index is 4.36. The van der Waals surface area contributed by atoms with E-state index < -0.39 is 5.97 Å². The highest BCUT2D eigenvalue weighted by atomic mass is 16.4. The highest BCUT2D eigenvalue weighted by Crippen LogP contribution is 1.98. The van der Waals surface area contributed by atoms with Crippen LogP contribution < -0.4 is 0 Å². The first-order valence-electron chi connectivity index (χ1n) is 3.99. The number of carboxylic acid groups (broad SMARTS) is 1. The van der Waals surface area contributed by atoms with E-state index in [4.69, 9.17) is 5.11 Å².